The van der Waals surface area contributed by atoms with E-state index >= 15 is 0 Å². The standard InChI is InChI=1S/C17H16N2O2/c20-10-11-21-14-5-3-4-13(12-14)8-9-17-15-6-1-2-7-16(15)18-19-17/h1-9,12,20H,10-11H2,(H,18,19)/b9-8+. The Morgan fingerprint density at radius 3 is 2.90 bits per heavy atom. The molecule has 4 heteroatoms. The van der Waals surface area contributed by atoms with Crippen LogP contribution in [-0.2, 0) is 0 Å². The van der Waals surface area contributed by atoms with Crippen molar-refractivity contribution >= 4 is 23.1 Å². The molecule has 3 rings (SSSR count). The zero-order chi connectivity index (χ0) is 14.5. The molecule has 0 aliphatic carbocycles. The lowest BCUT2D eigenvalue weighted by molar-refractivity contribution is 0.201. The fraction of sp³-hybridized carbons (Fsp3) is 0.118. The average Bonchev–Trinajstić information content (AvgIpc) is 2.95. The zero-order valence-corrected chi connectivity index (χ0v) is 11.5. The van der Waals surface area contributed by atoms with Gasteiger partial charge in [-0.05, 0) is 29.8 Å². The Balaban J connectivity index is 1.82. The fourth-order valence-corrected chi connectivity index (χ4v) is 2.16. The van der Waals surface area contributed by atoms with Crippen LogP contribution in [0.25, 0.3) is 23.1 Å². The van der Waals surface area contributed by atoms with Gasteiger partial charge in [-0.15, -0.1) is 0 Å². The smallest absolute Gasteiger partial charge is 0.120 e. The number of aromatic amines is 1. The first-order valence-electron chi connectivity index (χ1n) is 6.82. The van der Waals surface area contributed by atoms with Gasteiger partial charge < -0.3 is 9.84 Å². The molecule has 0 unspecified atom stereocenters. The maximum atomic E-state index is 8.78. The summed E-state index contributed by atoms with van der Waals surface area (Å²) < 4.78 is 5.40. The summed E-state index contributed by atoms with van der Waals surface area (Å²) in [5, 5.41) is 17.2. The van der Waals surface area contributed by atoms with E-state index in [1.165, 1.54) is 0 Å². The van der Waals surface area contributed by atoms with Gasteiger partial charge in [-0.2, -0.15) is 5.10 Å². The molecule has 4 nitrogen and oxygen atoms in total. The van der Waals surface area contributed by atoms with Gasteiger partial charge in [0.25, 0.3) is 0 Å². The second-order valence-corrected chi connectivity index (χ2v) is 4.63. The summed E-state index contributed by atoms with van der Waals surface area (Å²) >= 11 is 0. The maximum absolute atomic E-state index is 8.78. The number of benzene rings is 2. The van der Waals surface area contributed by atoms with Gasteiger partial charge in [0.2, 0.25) is 0 Å². The molecule has 0 bridgehead atoms. The summed E-state index contributed by atoms with van der Waals surface area (Å²) in [7, 11) is 0. The molecule has 3 aromatic rings. The second kappa shape index (κ2) is 6.24. The van der Waals surface area contributed by atoms with Crippen molar-refractivity contribution in [1.82, 2.24) is 10.2 Å². The predicted octanol–water partition coefficient (Wildman–Crippen LogP) is 3.10. The molecule has 21 heavy (non-hydrogen) atoms. The van der Waals surface area contributed by atoms with Crippen molar-refractivity contribution in [3.8, 4) is 5.75 Å². The molecule has 2 aromatic carbocycles. The number of para-hydroxylation sites is 1. The molecule has 1 heterocycles. The molecule has 0 radical (unpaired) electrons. The van der Waals surface area contributed by atoms with Crippen molar-refractivity contribution in [2.45, 2.75) is 0 Å². The van der Waals surface area contributed by atoms with Crippen LogP contribution >= 0.6 is 0 Å². The number of hydrogen-bond donors (Lipinski definition) is 2. The average molecular weight is 280 g/mol. The summed E-state index contributed by atoms with van der Waals surface area (Å²) in [5.74, 6) is 0.748. The largest absolute Gasteiger partial charge is 0.491 e. The third-order valence-electron chi connectivity index (χ3n) is 3.15. The van der Waals surface area contributed by atoms with Crippen LogP contribution in [0.4, 0.5) is 0 Å². The van der Waals surface area contributed by atoms with E-state index < -0.39 is 0 Å². The highest BCUT2D eigenvalue weighted by Crippen LogP contribution is 2.19. The summed E-state index contributed by atoms with van der Waals surface area (Å²) in [5.41, 5.74) is 2.96. The molecule has 0 fully saturated rings. The second-order valence-electron chi connectivity index (χ2n) is 4.63. The number of H-pyrrole nitrogens is 1. The highest BCUT2D eigenvalue weighted by atomic mass is 16.5. The topological polar surface area (TPSA) is 58.1 Å². The van der Waals surface area contributed by atoms with Gasteiger partial charge in [0.05, 0.1) is 17.8 Å². The Hall–Kier alpha value is -2.59. The lowest BCUT2D eigenvalue weighted by Gasteiger charge is -2.04. The number of ether oxygens (including phenoxy) is 1. The van der Waals surface area contributed by atoms with E-state index in [4.69, 9.17) is 9.84 Å². The molecular weight excluding hydrogens is 264 g/mol. The van der Waals surface area contributed by atoms with Crippen LogP contribution in [0.5, 0.6) is 5.75 Å². The number of fused-ring (bicyclic) bond motifs is 1. The zero-order valence-electron chi connectivity index (χ0n) is 11.5. The molecule has 1 aromatic heterocycles. The highest BCUT2D eigenvalue weighted by Gasteiger charge is 2.01. The Kier molecular flexibility index (Phi) is 3.98. The fourth-order valence-electron chi connectivity index (χ4n) is 2.16. The molecule has 2 N–H and O–H groups in total. The Morgan fingerprint density at radius 2 is 2.00 bits per heavy atom. The maximum Gasteiger partial charge on any atom is 0.120 e. The number of aliphatic hydroxyl groups excluding tert-OH is 1. The monoisotopic (exact) mass is 280 g/mol. The first-order valence-corrected chi connectivity index (χ1v) is 6.82. The van der Waals surface area contributed by atoms with Crippen LogP contribution in [-0.4, -0.2) is 28.5 Å². The molecule has 0 amide bonds. The summed E-state index contributed by atoms with van der Waals surface area (Å²) in [6, 6.07) is 15.8. The molecule has 0 aliphatic heterocycles. The number of aliphatic hydroxyl groups is 1. The lowest BCUT2D eigenvalue weighted by atomic mass is 10.1. The van der Waals surface area contributed by atoms with E-state index in [1.807, 2.05) is 60.7 Å². The van der Waals surface area contributed by atoms with Crippen molar-refractivity contribution in [2.75, 3.05) is 13.2 Å². The molecule has 0 saturated heterocycles. The minimum Gasteiger partial charge on any atom is -0.491 e. The van der Waals surface area contributed by atoms with Gasteiger partial charge in [0.15, 0.2) is 0 Å². The Labute approximate surface area is 122 Å². The van der Waals surface area contributed by atoms with E-state index in [2.05, 4.69) is 10.2 Å². The van der Waals surface area contributed by atoms with Crippen LogP contribution < -0.4 is 4.74 Å². The van der Waals surface area contributed by atoms with Crippen molar-refractivity contribution in [1.29, 1.82) is 0 Å². The van der Waals surface area contributed by atoms with E-state index in [0.717, 1.165) is 27.9 Å². The van der Waals surface area contributed by atoms with Gasteiger partial charge in [0, 0.05) is 5.39 Å². The van der Waals surface area contributed by atoms with Crippen LogP contribution in [0.3, 0.4) is 0 Å². The van der Waals surface area contributed by atoms with Crippen LogP contribution in [0, 0.1) is 0 Å². The molecule has 0 saturated carbocycles. The van der Waals surface area contributed by atoms with Gasteiger partial charge in [-0.25, -0.2) is 0 Å². The van der Waals surface area contributed by atoms with E-state index in [0.29, 0.717) is 6.61 Å². The van der Waals surface area contributed by atoms with E-state index in [1.54, 1.807) is 0 Å². The van der Waals surface area contributed by atoms with Gasteiger partial charge in [-0.1, -0.05) is 36.4 Å². The summed E-state index contributed by atoms with van der Waals surface area (Å²) in [6.45, 7) is 0.316. The quantitative estimate of drug-likeness (QED) is 0.755. The first kappa shape index (κ1) is 13.4. The number of aromatic nitrogens is 2. The minimum absolute atomic E-state index is 0.0132. The van der Waals surface area contributed by atoms with Crippen LogP contribution in [0.15, 0.2) is 48.5 Å². The van der Waals surface area contributed by atoms with E-state index in [-0.39, 0.29) is 6.61 Å². The summed E-state index contributed by atoms with van der Waals surface area (Å²) in [6.07, 6.45) is 3.97. The minimum atomic E-state index is 0.0132. The SMILES string of the molecule is OCCOc1cccc(/C=C/c2n[nH]c3ccccc23)c1. The normalized spacial score (nSPS) is 11.3. The molecule has 0 aliphatic rings. The molecular formula is C17H16N2O2. The van der Waals surface area contributed by atoms with Crippen LogP contribution in [0.2, 0.25) is 0 Å². The van der Waals surface area contributed by atoms with Crippen molar-refractivity contribution in [3.05, 3.63) is 59.8 Å². The van der Waals surface area contributed by atoms with Gasteiger partial charge in [-0.3, -0.25) is 5.10 Å². The highest BCUT2D eigenvalue weighted by molar-refractivity contribution is 5.89. The molecule has 0 atom stereocenters. The van der Waals surface area contributed by atoms with Gasteiger partial charge >= 0.3 is 0 Å². The number of rotatable bonds is 5. The predicted molar refractivity (Wildman–Crippen MR) is 84.0 cm³/mol. The lowest BCUT2D eigenvalue weighted by Crippen LogP contribution is -2.01. The number of nitrogens with zero attached hydrogens (tertiary/aromatic N) is 1. The summed E-state index contributed by atoms with van der Waals surface area (Å²) in [4.78, 5) is 0. The third-order valence-corrected chi connectivity index (χ3v) is 3.15. The Morgan fingerprint density at radius 1 is 1.10 bits per heavy atom. The Bertz CT molecular complexity index is 762. The van der Waals surface area contributed by atoms with E-state index in [9.17, 15) is 0 Å². The molecule has 0 spiro atoms. The van der Waals surface area contributed by atoms with Crippen molar-refractivity contribution in [3.63, 3.8) is 0 Å². The third kappa shape index (κ3) is 3.12. The van der Waals surface area contributed by atoms with Crippen LogP contribution in [0.1, 0.15) is 11.3 Å². The van der Waals surface area contributed by atoms with Crippen molar-refractivity contribution < 1.29 is 9.84 Å². The van der Waals surface area contributed by atoms with Gasteiger partial charge in [0.1, 0.15) is 12.4 Å². The number of hydrogen-bond acceptors (Lipinski definition) is 3. The first-order chi connectivity index (χ1) is 10.4. The molecule has 106 valence electrons. The number of nitrogens with one attached hydrogen (secondary N) is 1. The van der Waals surface area contributed by atoms with Crippen molar-refractivity contribution in [2.24, 2.45) is 0 Å².